The Morgan fingerprint density at radius 3 is 2.93 bits per heavy atom. The molecule has 0 spiro atoms. The lowest BCUT2D eigenvalue weighted by Gasteiger charge is -2.27. The van der Waals surface area contributed by atoms with Gasteiger partial charge in [-0.25, -0.2) is 4.98 Å². The van der Waals surface area contributed by atoms with Gasteiger partial charge in [0.15, 0.2) is 5.16 Å². The number of rotatable bonds is 8. The largest absolute Gasteiger partial charge is 0.464 e. The van der Waals surface area contributed by atoms with Crippen LogP contribution in [0.1, 0.15) is 20.8 Å². The third-order valence-corrected chi connectivity index (χ3v) is 6.72. The summed E-state index contributed by atoms with van der Waals surface area (Å²) in [6.45, 7) is 9.44. The Kier molecular flexibility index (Phi) is 6.48. The molecule has 3 heterocycles. The maximum atomic E-state index is 13.2. The van der Waals surface area contributed by atoms with E-state index in [9.17, 15) is 14.9 Å². The Bertz CT molecular complexity index is 1170. The van der Waals surface area contributed by atoms with Crippen LogP contribution in [-0.4, -0.2) is 26.8 Å². The number of allylic oxidation sites excluding steroid dienone is 1. The van der Waals surface area contributed by atoms with Gasteiger partial charge in [-0.05, 0) is 25.0 Å². The summed E-state index contributed by atoms with van der Waals surface area (Å²) >= 11 is 2.51. The van der Waals surface area contributed by atoms with Crippen molar-refractivity contribution in [1.82, 2.24) is 14.9 Å². The summed E-state index contributed by atoms with van der Waals surface area (Å²) in [5, 5.41) is 14.9. The summed E-state index contributed by atoms with van der Waals surface area (Å²) in [5.74, 6) is 0.306. The molecule has 3 aromatic heterocycles. The number of hydrogen-bond acceptors (Lipinski definition) is 7. The molecule has 0 unspecified atom stereocenters. The molecule has 3 aromatic rings. The summed E-state index contributed by atoms with van der Waals surface area (Å²) in [4.78, 5) is 30.9. The summed E-state index contributed by atoms with van der Waals surface area (Å²) in [5.41, 5.74) is -0.465. The second-order valence-electron chi connectivity index (χ2n) is 7.21. The normalized spacial score (nSPS) is 13.2. The first kappa shape index (κ1) is 21.9. The average Bonchev–Trinajstić information content (AvgIpc) is 3.38. The van der Waals surface area contributed by atoms with Gasteiger partial charge in [0.25, 0.3) is 5.56 Å². The first-order valence-corrected chi connectivity index (χ1v) is 11.2. The molecular weight excluding hydrogens is 420 g/mol. The molecule has 0 aliphatic carbocycles. The van der Waals surface area contributed by atoms with Crippen molar-refractivity contribution in [2.45, 2.75) is 38.0 Å². The number of nitrogens with zero attached hydrogens (tertiary/aromatic N) is 3. The fraction of sp³-hybridized carbons (Fsp3) is 0.333. The molecule has 0 radical (unpaired) electrons. The van der Waals surface area contributed by atoms with Crippen molar-refractivity contribution in [1.29, 1.82) is 5.26 Å². The topological polar surface area (TPSA) is 101 Å². The number of carbonyl (C=O) groups excluding carboxylic acids is 1. The molecule has 30 heavy (non-hydrogen) atoms. The Morgan fingerprint density at radius 2 is 2.33 bits per heavy atom. The number of furan rings is 1. The highest BCUT2D eigenvalue weighted by molar-refractivity contribution is 7.99. The molecule has 0 bridgehead atoms. The third kappa shape index (κ3) is 4.20. The lowest BCUT2D eigenvalue weighted by molar-refractivity contribution is -0.120. The number of nitriles is 1. The number of aromatic nitrogens is 2. The van der Waals surface area contributed by atoms with Gasteiger partial charge in [-0.2, -0.15) is 5.26 Å². The second-order valence-corrected chi connectivity index (χ2v) is 9.01. The minimum atomic E-state index is -0.957. The number of hydrogen-bond donors (Lipinski definition) is 1. The summed E-state index contributed by atoms with van der Waals surface area (Å²) in [6.07, 6.45) is 3.17. The zero-order chi connectivity index (χ0) is 21.9. The van der Waals surface area contributed by atoms with Crippen molar-refractivity contribution in [3.63, 3.8) is 0 Å². The molecule has 156 valence electrons. The van der Waals surface area contributed by atoms with E-state index in [2.05, 4.69) is 22.9 Å². The number of thioether (sulfide) groups is 1. The number of carbonyl (C=O) groups is 1. The van der Waals surface area contributed by atoms with Crippen LogP contribution < -0.4 is 10.9 Å². The van der Waals surface area contributed by atoms with Crippen LogP contribution in [0, 0.1) is 17.2 Å². The highest BCUT2D eigenvalue weighted by Crippen LogP contribution is 2.32. The fourth-order valence-electron chi connectivity index (χ4n) is 2.78. The summed E-state index contributed by atoms with van der Waals surface area (Å²) < 4.78 is 6.95. The molecule has 1 amide bonds. The molecule has 3 rings (SSSR count). The van der Waals surface area contributed by atoms with E-state index < -0.39 is 5.54 Å². The minimum absolute atomic E-state index is 0.0372. The highest BCUT2D eigenvalue weighted by Gasteiger charge is 2.30. The van der Waals surface area contributed by atoms with Gasteiger partial charge in [0.2, 0.25) is 5.91 Å². The first-order valence-electron chi connectivity index (χ1n) is 9.32. The number of fused-ring (bicyclic) bond motifs is 1. The van der Waals surface area contributed by atoms with Crippen LogP contribution >= 0.6 is 23.1 Å². The summed E-state index contributed by atoms with van der Waals surface area (Å²) in [6, 6.07) is 5.72. The van der Waals surface area contributed by atoms with Crippen molar-refractivity contribution in [3.8, 4) is 17.4 Å². The van der Waals surface area contributed by atoms with Crippen LogP contribution in [0.4, 0.5) is 0 Å². The van der Waals surface area contributed by atoms with Gasteiger partial charge in [-0.3, -0.25) is 14.2 Å². The summed E-state index contributed by atoms with van der Waals surface area (Å²) in [7, 11) is 0. The van der Waals surface area contributed by atoms with Crippen LogP contribution in [0.2, 0.25) is 0 Å². The molecule has 0 fully saturated rings. The Balaban J connectivity index is 1.92. The van der Waals surface area contributed by atoms with E-state index in [4.69, 9.17) is 4.42 Å². The van der Waals surface area contributed by atoms with Crippen LogP contribution in [-0.2, 0) is 11.3 Å². The second kappa shape index (κ2) is 8.90. The number of nitrogens with one attached hydrogen (secondary N) is 1. The highest BCUT2D eigenvalue weighted by atomic mass is 32.2. The average molecular weight is 443 g/mol. The Morgan fingerprint density at radius 1 is 1.57 bits per heavy atom. The maximum Gasteiger partial charge on any atom is 0.263 e. The van der Waals surface area contributed by atoms with Crippen molar-refractivity contribution in [2.24, 2.45) is 5.92 Å². The van der Waals surface area contributed by atoms with E-state index in [1.54, 1.807) is 31.4 Å². The molecule has 0 aliphatic rings. The molecule has 0 aliphatic heterocycles. The molecule has 7 nitrogen and oxygen atoms in total. The molecule has 0 saturated carbocycles. The van der Waals surface area contributed by atoms with Gasteiger partial charge in [0.05, 0.1) is 23.5 Å². The van der Waals surface area contributed by atoms with E-state index in [-0.39, 0.29) is 29.7 Å². The van der Waals surface area contributed by atoms with E-state index in [1.165, 1.54) is 15.9 Å². The zero-order valence-corrected chi connectivity index (χ0v) is 18.6. The first-order chi connectivity index (χ1) is 14.3. The van der Waals surface area contributed by atoms with E-state index in [0.29, 0.717) is 26.7 Å². The van der Waals surface area contributed by atoms with Crippen LogP contribution in [0.15, 0.2) is 50.8 Å². The van der Waals surface area contributed by atoms with E-state index >= 15 is 0 Å². The fourth-order valence-corrected chi connectivity index (χ4v) is 4.55. The van der Waals surface area contributed by atoms with Gasteiger partial charge in [0, 0.05) is 17.5 Å². The van der Waals surface area contributed by atoms with Gasteiger partial charge < -0.3 is 9.73 Å². The van der Waals surface area contributed by atoms with Crippen molar-refractivity contribution in [2.75, 3.05) is 5.75 Å². The van der Waals surface area contributed by atoms with E-state index in [0.717, 1.165) is 11.8 Å². The maximum absolute atomic E-state index is 13.2. The van der Waals surface area contributed by atoms with Gasteiger partial charge in [0.1, 0.15) is 16.1 Å². The van der Waals surface area contributed by atoms with Crippen molar-refractivity contribution >= 4 is 39.2 Å². The Labute approximate surface area is 182 Å². The standard InChI is InChI=1S/C21H22N4O3S2/c1-5-8-25-19(27)17-14(15-7-6-9-28-15)10-29-18(17)23-20(25)30-11-16(26)24-21(4,12-22)13(2)3/h5-7,9-10,13H,1,8,11H2,2-4H3,(H,24,26)/t21-/m0/s1. The van der Waals surface area contributed by atoms with Crippen LogP contribution in [0.5, 0.6) is 0 Å². The van der Waals surface area contributed by atoms with Crippen LogP contribution in [0.25, 0.3) is 21.5 Å². The molecule has 1 N–H and O–H groups in total. The number of amides is 1. The van der Waals surface area contributed by atoms with E-state index in [1.807, 2.05) is 19.2 Å². The van der Waals surface area contributed by atoms with Crippen molar-refractivity contribution < 1.29 is 9.21 Å². The van der Waals surface area contributed by atoms with Gasteiger partial charge in [-0.1, -0.05) is 31.7 Å². The smallest absolute Gasteiger partial charge is 0.263 e. The Hall–Kier alpha value is -2.83. The predicted molar refractivity (Wildman–Crippen MR) is 120 cm³/mol. The molecule has 0 saturated heterocycles. The zero-order valence-electron chi connectivity index (χ0n) is 17.0. The minimum Gasteiger partial charge on any atom is -0.464 e. The molecule has 0 aromatic carbocycles. The van der Waals surface area contributed by atoms with Gasteiger partial charge >= 0.3 is 0 Å². The lowest BCUT2D eigenvalue weighted by atomic mass is 9.90. The molecule has 9 heteroatoms. The van der Waals surface area contributed by atoms with Gasteiger partial charge in [-0.15, -0.1) is 17.9 Å². The predicted octanol–water partition coefficient (Wildman–Crippen LogP) is 4.05. The molecular formula is C21H22N4O3S2. The number of thiophene rings is 1. The van der Waals surface area contributed by atoms with Crippen molar-refractivity contribution in [3.05, 3.63) is 46.8 Å². The SMILES string of the molecule is C=CCn1c(SCC(=O)N[C@@](C)(C#N)C(C)C)nc2scc(-c3ccco3)c2c1=O. The lowest BCUT2D eigenvalue weighted by Crippen LogP contribution is -2.49. The monoisotopic (exact) mass is 442 g/mol. The molecule has 1 atom stereocenters. The van der Waals surface area contributed by atoms with Crippen LogP contribution in [0.3, 0.4) is 0 Å². The third-order valence-electron chi connectivity index (χ3n) is 4.88. The quantitative estimate of drug-likeness (QED) is 0.321.